The number of imide groups is 2. The van der Waals surface area contributed by atoms with Crippen LogP contribution in [0.3, 0.4) is 0 Å². The van der Waals surface area contributed by atoms with Gasteiger partial charge in [0.2, 0.25) is 0 Å². The molecule has 3 heterocycles. The SMILES string of the molecule is Cc1cc(N2C(=O)NC(=O)/C(=C\c3ccc(N4CCOCC4)o3)C2=O)ccc1Br. The maximum atomic E-state index is 13.0. The number of morpholine rings is 1. The molecule has 0 saturated carbocycles. The standard InChI is InChI=1S/C20H18BrN3O5/c1-12-10-13(2-4-16(12)21)24-19(26)15(18(25)22-20(24)27)11-14-3-5-17(29-14)23-6-8-28-9-7-23/h2-5,10-11H,6-9H2,1H3,(H,22,25,27)/b15-11+. The first kappa shape index (κ1) is 19.4. The van der Waals surface area contributed by atoms with Crippen molar-refractivity contribution in [1.29, 1.82) is 0 Å². The Labute approximate surface area is 175 Å². The summed E-state index contributed by atoms with van der Waals surface area (Å²) >= 11 is 3.39. The molecule has 0 spiro atoms. The number of rotatable bonds is 3. The van der Waals surface area contributed by atoms with E-state index in [1.807, 2.05) is 11.8 Å². The van der Waals surface area contributed by atoms with Crippen LogP contribution in [-0.2, 0) is 14.3 Å². The molecule has 2 aliphatic heterocycles. The molecule has 0 unspecified atom stereocenters. The molecule has 8 nitrogen and oxygen atoms in total. The van der Waals surface area contributed by atoms with Crippen LogP contribution < -0.4 is 15.1 Å². The summed E-state index contributed by atoms with van der Waals surface area (Å²) in [5.41, 5.74) is 1.06. The summed E-state index contributed by atoms with van der Waals surface area (Å²) < 4.78 is 12.0. The Hall–Kier alpha value is -2.91. The molecule has 1 aromatic carbocycles. The Bertz CT molecular complexity index is 1020. The number of hydrogen-bond donors (Lipinski definition) is 1. The monoisotopic (exact) mass is 459 g/mol. The van der Waals surface area contributed by atoms with E-state index in [2.05, 4.69) is 21.2 Å². The number of carbonyl (C=O) groups excluding carboxylic acids is 3. The van der Waals surface area contributed by atoms with E-state index in [1.165, 1.54) is 6.08 Å². The zero-order valence-corrected chi connectivity index (χ0v) is 17.2. The second-order valence-corrected chi connectivity index (χ2v) is 7.52. The third-order valence-corrected chi connectivity index (χ3v) is 5.61. The van der Waals surface area contributed by atoms with Crippen molar-refractivity contribution in [3.63, 3.8) is 0 Å². The minimum atomic E-state index is -0.785. The first-order chi connectivity index (χ1) is 13.9. The summed E-state index contributed by atoms with van der Waals surface area (Å²) in [6.07, 6.45) is 1.35. The van der Waals surface area contributed by atoms with E-state index < -0.39 is 17.8 Å². The van der Waals surface area contributed by atoms with Gasteiger partial charge in [-0.25, -0.2) is 9.69 Å². The van der Waals surface area contributed by atoms with Crippen LogP contribution in [-0.4, -0.2) is 44.1 Å². The van der Waals surface area contributed by atoms with Gasteiger partial charge in [0.05, 0.1) is 18.9 Å². The van der Waals surface area contributed by atoms with E-state index in [-0.39, 0.29) is 5.57 Å². The van der Waals surface area contributed by atoms with Gasteiger partial charge in [0, 0.05) is 23.6 Å². The van der Waals surface area contributed by atoms with Gasteiger partial charge in [-0.15, -0.1) is 0 Å². The number of barbiturate groups is 1. The third-order valence-electron chi connectivity index (χ3n) is 4.72. The van der Waals surface area contributed by atoms with E-state index in [9.17, 15) is 14.4 Å². The van der Waals surface area contributed by atoms with Gasteiger partial charge in [0.15, 0.2) is 5.88 Å². The normalized spacial score (nSPS) is 19.1. The predicted molar refractivity (Wildman–Crippen MR) is 110 cm³/mol. The van der Waals surface area contributed by atoms with Gasteiger partial charge in [0.25, 0.3) is 11.8 Å². The second-order valence-electron chi connectivity index (χ2n) is 6.67. The van der Waals surface area contributed by atoms with Crippen molar-refractivity contribution < 1.29 is 23.5 Å². The first-order valence-electron chi connectivity index (χ1n) is 9.04. The van der Waals surface area contributed by atoms with Crippen LogP contribution in [0.2, 0.25) is 0 Å². The highest BCUT2D eigenvalue weighted by Gasteiger charge is 2.37. The number of amides is 4. The van der Waals surface area contributed by atoms with Gasteiger partial charge in [-0.05, 0) is 42.8 Å². The minimum Gasteiger partial charge on any atom is -0.441 e. The van der Waals surface area contributed by atoms with Gasteiger partial charge < -0.3 is 14.1 Å². The van der Waals surface area contributed by atoms with Gasteiger partial charge in [-0.2, -0.15) is 0 Å². The topological polar surface area (TPSA) is 92.1 Å². The van der Waals surface area contributed by atoms with Gasteiger partial charge in [-0.3, -0.25) is 14.9 Å². The van der Waals surface area contributed by atoms with Crippen molar-refractivity contribution in [1.82, 2.24) is 5.32 Å². The molecule has 2 fully saturated rings. The number of nitrogens with one attached hydrogen (secondary N) is 1. The number of benzene rings is 1. The number of halogens is 1. The minimum absolute atomic E-state index is 0.173. The van der Waals surface area contributed by atoms with Gasteiger partial charge in [0.1, 0.15) is 11.3 Å². The maximum absolute atomic E-state index is 13.0. The maximum Gasteiger partial charge on any atom is 0.335 e. The Kier molecular flexibility index (Phi) is 5.25. The summed E-state index contributed by atoms with van der Waals surface area (Å²) in [7, 11) is 0. The lowest BCUT2D eigenvalue weighted by Crippen LogP contribution is -2.54. The van der Waals surface area contributed by atoms with Crippen molar-refractivity contribution in [2.75, 3.05) is 36.1 Å². The molecular formula is C20H18BrN3O5. The molecule has 1 aromatic heterocycles. The highest BCUT2D eigenvalue weighted by molar-refractivity contribution is 9.10. The average Bonchev–Trinajstić information content (AvgIpc) is 3.17. The lowest BCUT2D eigenvalue weighted by molar-refractivity contribution is -0.122. The summed E-state index contributed by atoms with van der Waals surface area (Å²) in [6, 6.07) is 7.75. The van der Waals surface area contributed by atoms with Crippen LogP contribution in [0.1, 0.15) is 11.3 Å². The van der Waals surface area contributed by atoms with Crippen molar-refractivity contribution in [2.24, 2.45) is 0 Å². The number of carbonyl (C=O) groups is 3. The van der Waals surface area contributed by atoms with Crippen LogP contribution in [0, 0.1) is 6.92 Å². The number of furan rings is 1. The van der Waals surface area contributed by atoms with Crippen LogP contribution in [0.25, 0.3) is 6.08 Å². The third kappa shape index (κ3) is 3.83. The molecule has 150 valence electrons. The smallest absolute Gasteiger partial charge is 0.335 e. The van der Waals surface area contributed by atoms with Crippen LogP contribution in [0.4, 0.5) is 16.4 Å². The van der Waals surface area contributed by atoms with Crippen LogP contribution in [0.5, 0.6) is 0 Å². The van der Waals surface area contributed by atoms with Crippen molar-refractivity contribution in [3.05, 3.63) is 51.7 Å². The number of aryl methyl sites for hydroxylation is 1. The molecule has 4 amide bonds. The van der Waals surface area contributed by atoms with Gasteiger partial charge in [-0.1, -0.05) is 15.9 Å². The molecule has 29 heavy (non-hydrogen) atoms. The fraction of sp³-hybridized carbons (Fsp3) is 0.250. The van der Waals surface area contributed by atoms with Gasteiger partial charge >= 0.3 is 6.03 Å². The molecule has 2 aromatic rings. The highest BCUT2D eigenvalue weighted by Crippen LogP contribution is 2.27. The number of hydrogen-bond acceptors (Lipinski definition) is 6. The Balaban J connectivity index is 1.63. The molecule has 9 heteroatoms. The second kappa shape index (κ2) is 7.84. The predicted octanol–water partition coefficient (Wildman–Crippen LogP) is 2.85. The number of nitrogens with zero attached hydrogens (tertiary/aromatic N) is 2. The fourth-order valence-corrected chi connectivity index (χ4v) is 3.42. The molecule has 4 rings (SSSR count). The molecule has 0 aliphatic carbocycles. The largest absolute Gasteiger partial charge is 0.441 e. The summed E-state index contributed by atoms with van der Waals surface area (Å²) in [5, 5.41) is 2.21. The summed E-state index contributed by atoms with van der Waals surface area (Å²) in [4.78, 5) is 40.5. The molecule has 0 radical (unpaired) electrons. The fourth-order valence-electron chi connectivity index (χ4n) is 3.18. The average molecular weight is 460 g/mol. The van der Waals surface area contributed by atoms with E-state index in [4.69, 9.17) is 9.15 Å². The molecule has 0 bridgehead atoms. The van der Waals surface area contributed by atoms with E-state index in [1.54, 1.807) is 30.3 Å². The Morgan fingerprint density at radius 1 is 1.10 bits per heavy atom. The molecule has 2 aliphatic rings. The number of urea groups is 1. The van der Waals surface area contributed by atoms with Crippen LogP contribution >= 0.6 is 15.9 Å². The summed E-state index contributed by atoms with van der Waals surface area (Å²) in [5.74, 6) is -0.467. The molecule has 2 saturated heterocycles. The number of ether oxygens (including phenoxy) is 1. The highest BCUT2D eigenvalue weighted by atomic mass is 79.9. The van der Waals surface area contributed by atoms with E-state index in [0.717, 1.165) is 14.9 Å². The lowest BCUT2D eigenvalue weighted by atomic mass is 10.1. The Morgan fingerprint density at radius 2 is 1.86 bits per heavy atom. The Morgan fingerprint density at radius 3 is 2.59 bits per heavy atom. The first-order valence-corrected chi connectivity index (χ1v) is 9.83. The zero-order chi connectivity index (χ0) is 20.5. The van der Waals surface area contributed by atoms with Crippen molar-refractivity contribution in [2.45, 2.75) is 6.92 Å². The lowest BCUT2D eigenvalue weighted by Gasteiger charge is -2.26. The van der Waals surface area contributed by atoms with Crippen LogP contribution in [0.15, 0.2) is 44.8 Å². The summed E-state index contributed by atoms with van der Waals surface area (Å²) in [6.45, 7) is 4.48. The van der Waals surface area contributed by atoms with E-state index >= 15 is 0 Å². The van der Waals surface area contributed by atoms with Crippen molar-refractivity contribution >= 4 is 51.4 Å². The number of anilines is 2. The molecule has 1 N–H and O–H groups in total. The quantitative estimate of drug-likeness (QED) is 0.560. The zero-order valence-electron chi connectivity index (χ0n) is 15.6. The van der Waals surface area contributed by atoms with Crippen molar-refractivity contribution in [3.8, 4) is 0 Å². The van der Waals surface area contributed by atoms with E-state index in [0.29, 0.717) is 43.6 Å². The molecule has 0 atom stereocenters. The molecular weight excluding hydrogens is 442 g/mol.